The minimum absolute atomic E-state index is 0.887. The summed E-state index contributed by atoms with van der Waals surface area (Å²) in [4.78, 5) is 0. The van der Waals surface area contributed by atoms with Gasteiger partial charge in [0.15, 0.2) is 5.58 Å². The first-order valence-corrected chi connectivity index (χ1v) is 10.1. The number of fused-ring (bicyclic) bond motifs is 4. The van der Waals surface area contributed by atoms with Crippen molar-refractivity contribution in [2.45, 2.75) is 0 Å². The van der Waals surface area contributed by atoms with Crippen LogP contribution in [-0.2, 0) is 0 Å². The maximum absolute atomic E-state index is 6.39. The molecule has 0 spiro atoms. The standard InChI is InChI=1S/C28H19NO/c1-3-9-19(10-4-1)20-15-16-26-24(17-20)25-18-21-11-7-8-14-23(21)27(28(25)30-26)29-22-12-5-2-6-13-22/h1-18,29H. The van der Waals surface area contributed by atoms with Crippen molar-refractivity contribution < 1.29 is 4.42 Å². The first-order chi connectivity index (χ1) is 14.9. The van der Waals surface area contributed by atoms with Crippen LogP contribution < -0.4 is 5.32 Å². The molecule has 30 heavy (non-hydrogen) atoms. The molecule has 0 aliphatic rings. The van der Waals surface area contributed by atoms with Crippen LogP contribution in [0.15, 0.2) is 114 Å². The summed E-state index contributed by atoms with van der Waals surface area (Å²) >= 11 is 0. The molecule has 0 unspecified atom stereocenters. The maximum atomic E-state index is 6.39. The molecule has 0 fully saturated rings. The first kappa shape index (κ1) is 16.9. The molecule has 0 saturated heterocycles. The Morgan fingerprint density at radius 2 is 1.27 bits per heavy atom. The number of hydrogen-bond donors (Lipinski definition) is 1. The van der Waals surface area contributed by atoms with Gasteiger partial charge in [0.1, 0.15) is 5.58 Å². The summed E-state index contributed by atoms with van der Waals surface area (Å²) < 4.78 is 6.39. The van der Waals surface area contributed by atoms with Crippen molar-refractivity contribution in [2.24, 2.45) is 0 Å². The lowest BCUT2D eigenvalue weighted by Crippen LogP contribution is -1.92. The van der Waals surface area contributed by atoms with Crippen LogP contribution in [0.2, 0.25) is 0 Å². The number of hydrogen-bond acceptors (Lipinski definition) is 2. The minimum Gasteiger partial charge on any atom is -0.454 e. The molecule has 0 bridgehead atoms. The Balaban J connectivity index is 1.64. The fraction of sp³-hybridized carbons (Fsp3) is 0. The predicted octanol–water partition coefficient (Wildman–Crippen LogP) is 8.15. The second kappa shape index (κ2) is 6.78. The van der Waals surface area contributed by atoms with E-state index in [9.17, 15) is 0 Å². The van der Waals surface area contributed by atoms with Crippen LogP contribution in [0.4, 0.5) is 11.4 Å². The lowest BCUT2D eigenvalue weighted by atomic mass is 10.0. The molecule has 0 saturated carbocycles. The number of para-hydroxylation sites is 1. The van der Waals surface area contributed by atoms with Gasteiger partial charge in [-0.05, 0) is 46.8 Å². The van der Waals surface area contributed by atoms with Crippen LogP contribution in [0.5, 0.6) is 0 Å². The highest BCUT2D eigenvalue weighted by Crippen LogP contribution is 2.41. The van der Waals surface area contributed by atoms with Crippen molar-refractivity contribution in [1.29, 1.82) is 0 Å². The molecule has 0 radical (unpaired) electrons. The van der Waals surface area contributed by atoms with Crippen LogP contribution in [0.25, 0.3) is 43.8 Å². The lowest BCUT2D eigenvalue weighted by Gasteiger charge is -2.11. The van der Waals surface area contributed by atoms with Crippen LogP contribution in [0.1, 0.15) is 0 Å². The van der Waals surface area contributed by atoms with Gasteiger partial charge in [-0.25, -0.2) is 0 Å². The zero-order valence-corrected chi connectivity index (χ0v) is 16.3. The number of nitrogens with one attached hydrogen (secondary N) is 1. The van der Waals surface area contributed by atoms with E-state index in [1.54, 1.807) is 0 Å². The summed E-state index contributed by atoms with van der Waals surface area (Å²) in [6.07, 6.45) is 0. The maximum Gasteiger partial charge on any atom is 0.159 e. The van der Waals surface area contributed by atoms with Gasteiger partial charge in [-0.3, -0.25) is 0 Å². The molecule has 0 aliphatic carbocycles. The minimum atomic E-state index is 0.887. The van der Waals surface area contributed by atoms with Crippen molar-refractivity contribution >= 4 is 44.1 Å². The summed E-state index contributed by atoms with van der Waals surface area (Å²) in [5, 5.41) is 8.20. The zero-order valence-electron chi connectivity index (χ0n) is 16.3. The molecule has 0 atom stereocenters. The molecule has 0 aliphatic heterocycles. The highest BCUT2D eigenvalue weighted by Gasteiger charge is 2.15. The molecule has 1 aromatic heterocycles. The van der Waals surface area contributed by atoms with Gasteiger partial charge in [-0.2, -0.15) is 0 Å². The van der Waals surface area contributed by atoms with Crippen molar-refractivity contribution in [2.75, 3.05) is 5.32 Å². The molecular weight excluding hydrogens is 366 g/mol. The molecule has 6 rings (SSSR count). The van der Waals surface area contributed by atoms with E-state index in [2.05, 4.69) is 90.2 Å². The monoisotopic (exact) mass is 385 g/mol. The van der Waals surface area contributed by atoms with Crippen molar-refractivity contribution in [3.8, 4) is 11.1 Å². The van der Waals surface area contributed by atoms with E-state index >= 15 is 0 Å². The summed E-state index contributed by atoms with van der Waals surface area (Å²) in [6.45, 7) is 0. The van der Waals surface area contributed by atoms with E-state index in [4.69, 9.17) is 4.42 Å². The Hall–Kier alpha value is -4.04. The van der Waals surface area contributed by atoms with Gasteiger partial charge in [-0.15, -0.1) is 0 Å². The fourth-order valence-electron chi connectivity index (χ4n) is 4.17. The third-order valence-corrected chi connectivity index (χ3v) is 5.63. The van der Waals surface area contributed by atoms with E-state index in [0.717, 1.165) is 38.7 Å². The van der Waals surface area contributed by atoms with Gasteiger partial charge in [0.25, 0.3) is 0 Å². The second-order valence-corrected chi connectivity index (χ2v) is 7.52. The summed E-state index contributed by atoms with van der Waals surface area (Å²) in [6, 6.07) is 37.8. The van der Waals surface area contributed by atoms with E-state index in [1.807, 2.05) is 24.3 Å². The Kier molecular flexibility index (Phi) is 3.82. The Labute approximate surface area is 174 Å². The number of anilines is 2. The van der Waals surface area contributed by atoms with Gasteiger partial charge in [-0.1, -0.05) is 78.9 Å². The van der Waals surface area contributed by atoms with Gasteiger partial charge in [0.05, 0.1) is 5.69 Å². The quantitative estimate of drug-likeness (QED) is 0.332. The number of furan rings is 1. The largest absolute Gasteiger partial charge is 0.454 e. The molecular formula is C28H19NO. The molecule has 1 heterocycles. The summed E-state index contributed by atoms with van der Waals surface area (Å²) in [7, 11) is 0. The van der Waals surface area contributed by atoms with Gasteiger partial charge >= 0.3 is 0 Å². The molecule has 2 heteroatoms. The van der Waals surface area contributed by atoms with Crippen LogP contribution in [0, 0.1) is 0 Å². The Bertz CT molecular complexity index is 1500. The molecule has 6 aromatic rings. The normalized spacial score (nSPS) is 11.3. The fourth-order valence-corrected chi connectivity index (χ4v) is 4.17. The Morgan fingerprint density at radius 1 is 0.533 bits per heavy atom. The average Bonchev–Trinajstić information content (AvgIpc) is 3.18. The molecule has 142 valence electrons. The van der Waals surface area contributed by atoms with Crippen molar-refractivity contribution in [1.82, 2.24) is 0 Å². The van der Waals surface area contributed by atoms with Crippen molar-refractivity contribution in [3.63, 3.8) is 0 Å². The van der Waals surface area contributed by atoms with Gasteiger partial charge in [0, 0.05) is 21.8 Å². The molecule has 5 aromatic carbocycles. The molecule has 1 N–H and O–H groups in total. The Morgan fingerprint density at radius 3 is 2.10 bits per heavy atom. The number of rotatable bonds is 3. The third-order valence-electron chi connectivity index (χ3n) is 5.63. The summed E-state index contributed by atoms with van der Waals surface area (Å²) in [5.74, 6) is 0. The van der Waals surface area contributed by atoms with E-state index in [0.29, 0.717) is 0 Å². The first-order valence-electron chi connectivity index (χ1n) is 10.1. The summed E-state index contributed by atoms with van der Waals surface area (Å²) in [5.41, 5.74) is 6.23. The topological polar surface area (TPSA) is 25.2 Å². The molecule has 2 nitrogen and oxygen atoms in total. The van der Waals surface area contributed by atoms with E-state index < -0.39 is 0 Å². The van der Waals surface area contributed by atoms with Crippen LogP contribution in [-0.4, -0.2) is 0 Å². The smallest absolute Gasteiger partial charge is 0.159 e. The highest BCUT2D eigenvalue weighted by molar-refractivity contribution is 6.18. The van der Waals surface area contributed by atoms with Crippen molar-refractivity contribution in [3.05, 3.63) is 109 Å². The lowest BCUT2D eigenvalue weighted by molar-refractivity contribution is 0.670. The van der Waals surface area contributed by atoms with E-state index in [-0.39, 0.29) is 0 Å². The van der Waals surface area contributed by atoms with Gasteiger partial charge < -0.3 is 9.73 Å². The third kappa shape index (κ3) is 2.73. The highest BCUT2D eigenvalue weighted by atomic mass is 16.3. The second-order valence-electron chi connectivity index (χ2n) is 7.52. The van der Waals surface area contributed by atoms with Gasteiger partial charge in [0.2, 0.25) is 0 Å². The molecule has 0 amide bonds. The van der Waals surface area contributed by atoms with Crippen LogP contribution >= 0.6 is 0 Å². The van der Waals surface area contributed by atoms with E-state index in [1.165, 1.54) is 16.5 Å². The van der Waals surface area contributed by atoms with Crippen LogP contribution in [0.3, 0.4) is 0 Å². The SMILES string of the molecule is c1ccc(Nc2c3ccccc3cc3c2oc2ccc(-c4ccccc4)cc23)cc1. The predicted molar refractivity (Wildman–Crippen MR) is 126 cm³/mol. The average molecular weight is 385 g/mol. The zero-order chi connectivity index (χ0) is 19.9. The number of benzene rings is 5.